The van der Waals surface area contributed by atoms with Crippen LogP contribution in [0.25, 0.3) is 0 Å². The Hall–Kier alpha value is -1.97. The molecule has 7 nitrogen and oxygen atoms in total. The molecule has 2 aromatic carbocycles. The van der Waals surface area contributed by atoms with E-state index in [-0.39, 0.29) is 17.3 Å². The molecule has 27 heavy (non-hydrogen) atoms. The number of ether oxygens (including phenoxy) is 3. The third-order valence-electron chi connectivity index (χ3n) is 4.21. The molecule has 3 rings (SSSR count). The summed E-state index contributed by atoms with van der Waals surface area (Å²) >= 11 is 0. The largest absolute Gasteiger partial charge is 0.457 e. The minimum atomic E-state index is -3.65. The van der Waals surface area contributed by atoms with Gasteiger partial charge in [-0.15, -0.1) is 0 Å². The summed E-state index contributed by atoms with van der Waals surface area (Å²) in [5.41, 5.74) is 2.04. The van der Waals surface area contributed by atoms with Crippen molar-refractivity contribution in [3.05, 3.63) is 54.6 Å². The van der Waals surface area contributed by atoms with E-state index >= 15 is 0 Å². The second-order valence-electron chi connectivity index (χ2n) is 6.77. The quantitative estimate of drug-likeness (QED) is 0.699. The van der Waals surface area contributed by atoms with Crippen molar-refractivity contribution in [1.82, 2.24) is 5.48 Å². The Morgan fingerprint density at radius 3 is 2.33 bits per heavy atom. The van der Waals surface area contributed by atoms with Crippen LogP contribution in [0.3, 0.4) is 0 Å². The van der Waals surface area contributed by atoms with E-state index in [2.05, 4.69) is 0 Å². The van der Waals surface area contributed by atoms with Gasteiger partial charge in [-0.2, -0.15) is 5.48 Å². The van der Waals surface area contributed by atoms with Crippen molar-refractivity contribution in [2.75, 3.05) is 12.4 Å². The molecule has 1 heterocycles. The van der Waals surface area contributed by atoms with Gasteiger partial charge in [-0.1, -0.05) is 18.2 Å². The maximum atomic E-state index is 12.7. The first kappa shape index (κ1) is 19.8. The Morgan fingerprint density at radius 1 is 1.15 bits per heavy atom. The smallest absolute Gasteiger partial charge is 0.180 e. The number of rotatable bonds is 7. The lowest BCUT2D eigenvalue weighted by Gasteiger charge is -2.23. The van der Waals surface area contributed by atoms with Gasteiger partial charge in [0.1, 0.15) is 17.6 Å². The molecular formula is C19H23NO6S. The zero-order valence-corrected chi connectivity index (χ0v) is 16.0. The van der Waals surface area contributed by atoms with Gasteiger partial charge in [-0.3, -0.25) is 0 Å². The van der Waals surface area contributed by atoms with E-state index in [1.807, 2.05) is 35.8 Å². The molecule has 2 N–H and O–H groups in total. The number of hydrogen-bond acceptors (Lipinski definition) is 7. The predicted octanol–water partition coefficient (Wildman–Crippen LogP) is 2.75. The van der Waals surface area contributed by atoms with Gasteiger partial charge in [0.05, 0.1) is 23.3 Å². The molecule has 2 atom stereocenters. The molecule has 1 saturated heterocycles. The van der Waals surface area contributed by atoms with Gasteiger partial charge in [0, 0.05) is 0 Å². The normalized spacial score (nSPS) is 20.3. The second-order valence-corrected chi connectivity index (χ2v) is 8.80. The molecule has 0 amide bonds. The summed E-state index contributed by atoms with van der Waals surface area (Å²) in [6.45, 7) is 3.67. The van der Waals surface area contributed by atoms with Crippen LogP contribution in [0.15, 0.2) is 59.5 Å². The Morgan fingerprint density at radius 2 is 1.78 bits per heavy atom. The lowest BCUT2D eigenvalue weighted by molar-refractivity contribution is -0.144. The number of hydrogen-bond donors (Lipinski definition) is 2. The SMILES string of the molecule is CC1(C)OC[C@H]([C@@H](CS(=O)(=O)c2ccc(Oc3ccccc3)cc2)NO)O1. The highest BCUT2D eigenvalue weighted by molar-refractivity contribution is 7.91. The Bertz CT molecular complexity index is 852. The van der Waals surface area contributed by atoms with Crippen LogP contribution in [0.4, 0.5) is 0 Å². The Balaban J connectivity index is 1.69. The van der Waals surface area contributed by atoms with Crippen LogP contribution in [0.5, 0.6) is 11.5 Å². The highest BCUT2D eigenvalue weighted by Crippen LogP contribution is 2.27. The number of para-hydroxylation sites is 1. The number of sulfone groups is 1. The first-order valence-electron chi connectivity index (χ1n) is 8.56. The Kier molecular flexibility index (Phi) is 5.83. The van der Waals surface area contributed by atoms with Gasteiger partial charge in [0.15, 0.2) is 15.6 Å². The van der Waals surface area contributed by atoms with Gasteiger partial charge >= 0.3 is 0 Å². The third-order valence-corrected chi connectivity index (χ3v) is 5.99. The fourth-order valence-electron chi connectivity index (χ4n) is 2.81. The number of hydroxylamine groups is 1. The van der Waals surface area contributed by atoms with Crippen molar-refractivity contribution in [2.45, 2.75) is 36.7 Å². The van der Waals surface area contributed by atoms with E-state index < -0.39 is 27.8 Å². The second kappa shape index (κ2) is 7.95. The average Bonchev–Trinajstić information content (AvgIpc) is 3.01. The molecule has 0 aliphatic carbocycles. The van der Waals surface area contributed by atoms with Crippen LogP contribution in [0, 0.1) is 0 Å². The van der Waals surface area contributed by atoms with Crippen molar-refractivity contribution in [3.8, 4) is 11.5 Å². The van der Waals surface area contributed by atoms with Crippen LogP contribution in [-0.2, 0) is 19.3 Å². The van der Waals surface area contributed by atoms with Crippen LogP contribution < -0.4 is 10.2 Å². The maximum Gasteiger partial charge on any atom is 0.180 e. The maximum absolute atomic E-state index is 12.7. The lowest BCUT2D eigenvalue weighted by Crippen LogP contribution is -2.45. The van der Waals surface area contributed by atoms with Crippen molar-refractivity contribution in [3.63, 3.8) is 0 Å². The molecule has 0 aromatic heterocycles. The molecule has 1 aliphatic heterocycles. The molecule has 146 valence electrons. The fourth-order valence-corrected chi connectivity index (χ4v) is 4.32. The van der Waals surface area contributed by atoms with E-state index in [0.717, 1.165) is 0 Å². The zero-order chi connectivity index (χ0) is 19.5. The summed E-state index contributed by atoms with van der Waals surface area (Å²) in [5.74, 6) is 0.0665. The molecule has 0 bridgehead atoms. The summed E-state index contributed by atoms with van der Waals surface area (Å²) in [6.07, 6.45) is -0.569. The average molecular weight is 393 g/mol. The van der Waals surface area contributed by atoms with Crippen LogP contribution >= 0.6 is 0 Å². The summed E-state index contributed by atoms with van der Waals surface area (Å²) in [4.78, 5) is 0.140. The molecule has 0 spiro atoms. The fraction of sp³-hybridized carbons (Fsp3) is 0.368. The van der Waals surface area contributed by atoms with E-state index in [0.29, 0.717) is 11.5 Å². The highest BCUT2D eigenvalue weighted by Gasteiger charge is 2.39. The lowest BCUT2D eigenvalue weighted by atomic mass is 10.2. The van der Waals surface area contributed by atoms with Crippen LogP contribution in [-0.4, -0.2) is 43.9 Å². The topological polar surface area (TPSA) is 94.1 Å². The molecule has 0 unspecified atom stereocenters. The molecule has 2 aromatic rings. The van der Waals surface area contributed by atoms with Gasteiger partial charge in [-0.25, -0.2) is 8.42 Å². The number of nitrogens with one attached hydrogen (secondary N) is 1. The van der Waals surface area contributed by atoms with Crippen molar-refractivity contribution >= 4 is 9.84 Å². The van der Waals surface area contributed by atoms with Gasteiger partial charge in [-0.05, 0) is 50.2 Å². The molecule has 1 aliphatic rings. The molecule has 1 fully saturated rings. The third kappa shape index (κ3) is 5.06. The summed E-state index contributed by atoms with van der Waals surface area (Å²) in [5, 5.41) is 9.41. The van der Waals surface area contributed by atoms with E-state index in [1.165, 1.54) is 12.1 Å². The molecule has 0 saturated carbocycles. The standard InChI is InChI=1S/C19H23NO6S/c1-19(2)24-12-18(26-19)17(20-21)13-27(22,23)16-10-8-15(9-11-16)25-14-6-4-3-5-7-14/h3-11,17-18,20-21H,12-13H2,1-2H3/t17-,18-/m1/s1. The van der Waals surface area contributed by atoms with Gasteiger partial charge in [0.2, 0.25) is 0 Å². The zero-order valence-electron chi connectivity index (χ0n) is 15.2. The van der Waals surface area contributed by atoms with Crippen LogP contribution in [0.1, 0.15) is 13.8 Å². The molecule has 8 heteroatoms. The molecular weight excluding hydrogens is 370 g/mol. The van der Waals surface area contributed by atoms with E-state index in [1.54, 1.807) is 26.0 Å². The van der Waals surface area contributed by atoms with E-state index in [4.69, 9.17) is 14.2 Å². The van der Waals surface area contributed by atoms with E-state index in [9.17, 15) is 13.6 Å². The van der Waals surface area contributed by atoms with Gasteiger partial charge < -0.3 is 19.4 Å². The van der Waals surface area contributed by atoms with Crippen molar-refractivity contribution < 1.29 is 27.8 Å². The Labute approximate surface area is 158 Å². The van der Waals surface area contributed by atoms with Crippen molar-refractivity contribution in [2.24, 2.45) is 0 Å². The monoisotopic (exact) mass is 393 g/mol. The summed E-state index contributed by atoms with van der Waals surface area (Å²) < 4.78 is 42.2. The van der Waals surface area contributed by atoms with Gasteiger partial charge in [0.25, 0.3) is 0 Å². The minimum Gasteiger partial charge on any atom is -0.457 e. The van der Waals surface area contributed by atoms with Crippen LogP contribution in [0.2, 0.25) is 0 Å². The first-order valence-corrected chi connectivity index (χ1v) is 10.2. The minimum absolute atomic E-state index is 0.140. The summed E-state index contributed by atoms with van der Waals surface area (Å²) in [6, 6.07) is 14.6. The van der Waals surface area contributed by atoms with Crippen molar-refractivity contribution in [1.29, 1.82) is 0 Å². The highest BCUT2D eigenvalue weighted by atomic mass is 32.2. The first-order chi connectivity index (χ1) is 12.8. The number of benzene rings is 2. The predicted molar refractivity (Wildman–Crippen MR) is 98.6 cm³/mol. The molecule has 0 radical (unpaired) electrons. The summed E-state index contributed by atoms with van der Waals surface area (Å²) in [7, 11) is -3.65.